The molecule has 1 aliphatic heterocycles. The predicted octanol–water partition coefficient (Wildman–Crippen LogP) is 3.10. The van der Waals surface area contributed by atoms with Gasteiger partial charge in [0.1, 0.15) is 6.04 Å². The molecule has 0 saturated carbocycles. The largest absolute Gasteiger partial charge is 0.373 e. The normalized spacial score (nSPS) is 16.4. The third-order valence-electron chi connectivity index (χ3n) is 3.44. The Morgan fingerprint density at radius 2 is 2.10 bits per heavy atom. The fourth-order valence-electron chi connectivity index (χ4n) is 2.42. The first-order valence-corrected chi connectivity index (χ1v) is 7.38. The van der Waals surface area contributed by atoms with Gasteiger partial charge in [-0.3, -0.25) is 4.79 Å². The van der Waals surface area contributed by atoms with E-state index >= 15 is 0 Å². The molecule has 0 saturated heterocycles. The summed E-state index contributed by atoms with van der Waals surface area (Å²) in [4.78, 5) is 12.2. The lowest BCUT2D eigenvalue weighted by molar-refractivity contribution is -0.121. The van der Waals surface area contributed by atoms with Gasteiger partial charge in [0.05, 0.1) is 0 Å². The van der Waals surface area contributed by atoms with Crippen molar-refractivity contribution in [1.29, 1.82) is 0 Å². The monoisotopic (exact) mass is 330 g/mol. The van der Waals surface area contributed by atoms with E-state index in [0.717, 1.165) is 22.1 Å². The first-order chi connectivity index (χ1) is 9.72. The first kappa shape index (κ1) is 13.2. The Labute approximate surface area is 126 Å². The molecule has 1 heterocycles. The van der Waals surface area contributed by atoms with Crippen LogP contribution in [0.5, 0.6) is 0 Å². The van der Waals surface area contributed by atoms with Crippen molar-refractivity contribution in [2.75, 3.05) is 5.32 Å². The van der Waals surface area contributed by atoms with Crippen LogP contribution >= 0.6 is 15.9 Å². The second kappa shape index (κ2) is 5.67. The number of carbonyl (C=O) groups is 1. The molecule has 0 aliphatic carbocycles. The molecule has 3 rings (SSSR count). The SMILES string of the molecule is O=C(NCc1cccc(Br)c1)C1Cc2ccccc2N1. The van der Waals surface area contributed by atoms with Crippen LogP contribution in [-0.4, -0.2) is 11.9 Å². The second-order valence-electron chi connectivity index (χ2n) is 4.91. The molecule has 0 bridgehead atoms. The molecule has 0 spiro atoms. The predicted molar refractivity (Wildman–Crippen MR) is 83.5 cm³/mol. The van der Waals surface area contributed by atoms with Crippen molar-refractivity contribution in [2.45, 2.75) is 19.0 Å². The van der Waals surface area contributed by atoms with Crippen molar-refractivity contribution in [3.63, 3.8) is 0 Å². The van der Waals surface area contributed by atoms with E-state index in [-0.39, 0.29) is 11.9 Å². The van der Waals surface area contributed by atoms with Gasteiger partial charge in [-0.15, -0.1) is 0 Å². The minimum Gasteiger partial charge on any atom is -0.373 e. The molecule has 4 heteroatoms. The van der Waals surface area contributed by atoms with E-state index in [0.29, 0.717) is 6.54 Å². The van der Waals surface area contributed by atoms with Gasteiger partial charge in [-0.25, -0.2) is 0 Å². The van der Waals surface area contributed by atoms with Crippen LogP contribution in [0.4, 0.5) is 5.69 Å². The summed E-state index contributed by atoms with van der Waals surface area (Å²) in [5.41, 5.74) is 3.36. The fraction of sp³-hybridized carbons (Fsp3) is 0.188. The number of carbonyl (C=O) groups excluding carboxylic acids is 1. The van der Waals surface area contributed by atoms with Gasteiger partial charge in [-0.2, -0.15) is 0 Å². The summed E-state index contributed by atoms with van der Waals surface area (Å²) in [6.45, 7) is 0.548. The van der Waals surface area contributed by atoms with Crippen LogP contribution in [0, 0.1) is 0 Å². The number of fused-ring (bicyclic) bond motifs is 1. The van der Waals surface area contributed by atoms with Crippen molar-refractivity contribution in [2.24, 2.45) is 0 Å². The van der Waals surface area contributed by atoms with Crippen LogP contribution in [0.1, 0.15) is 11.1 Å². The number of hydrogen-bond donors (Lipinski definition) is 2. The molecule has 20 heavy (non-hydrogen) atoms. The standard InChI is InChI=1S/C16H15BrN2O/c17-13-6-3-4-11(8-13)10-18-16(20)15-9-12-5-1-2-7-14(12)19-15/h1-8,15,19H,9-10H2,(H,18,20). The molecule has 1 amide bonds. The first-order valence-electron chi connectivity index (χ1n) is 6.59. The third kappa shape index (κ3) is 2.85. The van der Waals surface area contributed by atoms with Gasteiger partial charge in [0.25, 0.3) is 0 Å². The summed E-state index contributed by atoms with van der Waals surface area (Å²) in [6, 6.07) is 15.8. The van der Waals surface area contributed by atoms with Crippen molar-refractivity contribution in [3.05, 3.63) is 64.1 Å². The van der Waals surface area contributed by atoms with Gasteiger partial charge < -0.3 is 10.6 Å². The highest BCUT2D eigenvalue weighted by Gasteiger charge is 2.25. The van der Waals surface area contributed by atoms with Gasteiger partial charge in [-0.1, -0.05) is 46.3 Å². The van der Waals surface area contributed by atoms with E-state index in [1.54, 1.807) is 0 Å². The van der Waals surface area contributed by atoms with E-state index in [9.17, 15) is 4.79 Å². The number of hydrogen-bond acceptors (Lipinski definition) is 2. The highest BCUT2D eigenvalue weighted by molar-refractivity contribution is 9.10. The van der Waals surface area contributed by atoms with Crippen LogP contribution in [0.15, 0.2) is 53.0 Å². The molecule has 1 aliphatic rings. The Morgan fingerprint density at radius 3 is 2.90 bits per heavy atom. The molecule has 0 fully saturated rings. The molecule has 0 radical (unpaired) electrons. The zero-order valence-corrected chi connectivity index (χ0v) is 12.5. The third-order valence-corrected chi connectivity index (χ3v) is 3.94. The number of benzene rings is 2. The topological polar surface area (TPSA) is 41.1 Å². The Morgan fingerprint density at radius 1 is 1.25 bits per heavy atom. The lowest BCUT2D eigenvalue weighted by Crippen LogP contribution is -2.38. The number of para-hydroxylation sites is 1. The summed E-state index contributed by atoms with van der Waals surface area (Å²) in [5.74, 6) is 0.0428. The minimum absolute atomic E-state index is 0.0428. The Kier molecular flexibility index (Phi) is 3.74. The minimum atomic E-state index is -0.167. The summed E-state index contributed by atoms with van der Waals surface area (Å²) in [6.07, 6.45) is 0.750. The number of anilines is 1. The summed E-state index contributed by atoms with van der Waals surface area (Å²) >= 11 is 3.43. The van der Waals surface area contributed by atoms with Crippen LogP contribution in [0.2, 0.25) is 0 Å². The molecule has 1 atom stereocenters. The van der Waals surface area contributed by atoms with Crippen molar-refractivity contribution in [3.8, 4) is 0 Å². The lowest BCUT2D eigenvalue weighted by atomic mass is 10.1. The van der Waals surface area contributed by atoms with Crippen molar-refractivity contribution in [1.82, 2.24) is 5.32 Å². The zero-order chi connectivity index (χ0) is 13.9. The molecular weight excluding hydrogens is 316 g/mol. The van der Waals surface area contributed by atoms with E-state index < -0.39 is 0 Å². The molecule has 2 aromatic carbocycles. The molecule has 0 aromatic heterocycles. The molecule has 3 nitrogen and oxygen atoms in total. The van der Waals surface area contributed by atoms with Crippen LogP contribution in [0.3, 0.4) is 0 Å². The highest BCUT2D eigenvalue weighted by Crippen LogP contribution is 2.25. The Hall–Kier alpha value is -1.81. The van der Waals surface area contributed by atoms with Gasteiger partial charge in [-0.05, 0) is 29.3 Å². The zero-order valence-electron chi connectivity index (χ0n) is 10.9. The maximum Gasteiger partial charge on any atom is 0.243 e. The van der Waals surface area contributed by atoms with Gasteiger partial charge in [0.15, 0.2) is 0 Å². The average Bonchev–Trinajstić information content (AvgIpc) is 2.89. The van der Waals surface area contributed by atoms with E-state index in [2.05, 4.69) is 32.6 Å². The fourth-order valence-corrected chi connectivity index (χ4v) is 2.86. The molecule has 1 unspecified atom stereocenters. The van der Waals surface area contributed by atoms with Crippen molar-refractivity contribution < 1.29 is 4.79 Å². The summed E-state index contributed by atoms with van der Waals surface area (Å²) < 4.78 is 1.02. The van der Waals surface area contributed by atoms with E-state index in [1.165, 1.54) is 5.56 Å². The molecule has 102 valence electrons. The highest BCUT2D eigenvalue weighted by atomic mass is 79.9. The van der Waals surface area contributed by atoms with Crippen LogP contribution < -0.4 is 10.6 Å². The van der Waals surface area contributed by atoms with Gasteiger partial charge in [0, 0.05) is 23.1 Å². The van der Waals surface area contributed by atoms with Crippen LogP contribution in [-0.2, 0) is 17.8 Å². The summed E-state index contributed by atoms with van der Waals surface area (Å²) in [7, 11) is 0. The van der Waals surface area contributed by atoms with E-state index in [4.69, 9.17) is 0 Å². The Balaban J connectivity index is 1.59. The number of amides is 1. The van der Waals surface area contributed by atoms with Crippen LogP contribution in [0.25, 0.3) is 0 Å². The van der Waals surface area contributed by atoms with E-state index in [1.807, 2.05) is 42.5 Å². The van der Waals surface area contributed by atoms with Gasteiger partial charge >= 0.3 is 0 Å². The quantitative estimate of drug-likeness (QED) is 0.907. The van der Waals surface area contributed by atoms with Crippen molar-refractivity contribution >= 4 is 27.5 Å². The number of rotatable bonds is 3. The Bertz CT molecular complexity index is 617. The lowest BCUT2D eigenvalue weighted by Gasteiger charge is -2.12. The number of nitrogens with one attached hydrogen (secondary N) is 2. The second-order valence-corrected chi connectivity index (χ2v) is 5.82. The number of halogens is 1. The maximum atomic E-state index is 12.2. The molecule has 2 N–H and O–H groups in total. The summed E-state index contributed by atoms with van der Waals surface area (Å²) in [5, 5.41) is 6.24. The molecular formula is C16H15BrN2O. The maximum absolute atomic E-state index is 12.2. The smallest absolute Gasteiger partial charge is 0.243 e. The molecule has 2 aromatic rings. The van der Waals surface area contributed by atoms with Gasteiger partial charge in [0.2, 0.25) is 5.91 Å². The average molecular weight is 331 g/mol.